The fourth-order valence-electron chi connectivity index (χ4n) is 3.15. The fraction of sp³-hybridized carbons (Fsp3) is 0.333. The molecule has 0 fully saturated rings. The Morgan fingerprint density at radius 3 is 2.96 bits per heavy atom. The van der Waals surface area contributed by atoms with E-state index < -0.39 is 0 Å². The molecule has 0 N–H and O–H groups in total. The molecule has 0 aliphatic heterocycles. The smallest absolute Gasteiger partial charge is 0.262 e. The lowest BCUT2D eigenvalue weighted by Crippen LogP contribution is -2.20. The van der Waals surface area contributed by atoms with Crippen LogP contribution in [0.3, 0.4) is 0 Å². The zero-order valence-electron chi connectivity index (χ0n) is 13.3. The summed E-state index contributed by atoms with van der Waals surface area (Å²) in [6, 6.07) is 8.37. The van der Waals surface area contributed by atoms with Crippen molar-refractivity contribution < 1.29 is 0 Å². The second kappa shape index (κ2) is 5.80. The molecular weight excluding hydrogens is 324 g/mol. The number of aromatic nitrogens is 2. The number of thiophene rings is 1. The Morgan fingerprint density at radius 1 is 1.30 bits per heavy atom. The lowest BCUT2D eigenvalue weighted by Gasteiger charge is -2.09. The maximum Gasteiger partial charge on any atom is 0.262 e. The first-order valence-electron chi connectivity index (χ1n) is 7.83. The predicted octanol–water partition coefficient (Wildman–Crippen LogP) is 4.08. The molecule has 118 valence electrons. The van der Waals surface area contributed by atoms with Crippen LogP contribution in [0.15, 0.2) is 34.2 Å². The summed E-state index contributed by atoms with van der Waals surface area (Å²) in [7, 11) is 1.84. The minimum atomic E-state index is 0.113. The molecule has 1 aromatic carbocycles. The van der Waals surface area contributed by atoms with Crippen molar-refractivity contribution in [2.45, 2.75) is 37.1 Å². The van der Waals surface area contributed by atoms with Gasteiger partial charge in [-0.1, -0.05) is 36.0 Å². The van der Waals surface area contributed by atoms with E-state index >= 15 is 0 Å². The van der Waals surface area contributed by atoms with Crippen LogP contribution in [-0.2, 0) is 25.6 Å². The second-order valence-electron chi connectivity index (χ2n) is 6.01. The fourth-order valence-corrected chi connectivity index (χ4v) is 5.50. The van der Waals surface area contributed by atoms with Crippen molar-refractivity contribution in [2.24, 2.45) is 7.05 Å². The van der Waals surface area contributed by atoms with Crippen LogP contribution in [0.5, 0.6) is 0 Å². The summed E-state index contributed by atoms with van der Waals surface area (Å²) in [4.78, 5) is 19.8. The van der Waals surface area contributed by atoms with E-state index in [2.05, 4.69) is 31.2 Å². The van der Waals surface area contributed by atoms with Gasteiger partial charge in [-0.05, 0) is 42.9 Å². The molecule has 4 rings (SSSR count). The molecule has 2 aromatic heterocycles. The highest BCUT2D eigenvalue weighted by atomic mass is 32.2. The monoisotopic (exact) mass is 342 g/mol. The molecule has 0 amide bonds. The second-order valence-corrected chi connectivity index (χ2v) is 8.04. The molecule has 0 saturated heterocycles. The Kier molecular flexibility index (Phi) is 3.77. The van der Waals surface area contributed by atoms with Gasteiger partial charge in [0.15, 0.2) is 5.16 Å². The summed E-state index contributed by atoms with van der Waals surface area (Å²) < 4.78 is 1.72. The molecule has 23 heavy (non-hydrogen) atoms. The van der Waals surface area contributed by atoms with E-state index in [0.29, 0.717) is 0 Å². The molecule has 0 saturated carbocycles. The topological polar surface area (TPSA) is 34.9 Å². The molecule has 0 spiro atoms. The lowest BCUT2D eigenvalue weighted by molar-refractivity contribution is 0.727. The third kappa shape index (κ3) is 2.52. The molecule has 3 nitrogen and oxygen atoms in total. The summed E-state index contributed by atoms with van der Waals surface area (Å²) in [5.41, 5.74) is 3.94. The van der Waals surface area contributed by atoms with Crippen molar-refractivity contribution in [2.75, 3.05) is 0 Å². The van der Waals surface area contributed by atoms with Crippen LogP contribution in [0.1, 0.15) is 28.0 Å². The molecule has 1 aliphatic rings. The van der Waals surface area contributed by atoms with Crippen LogP contribution in [0.4, 0.5) is 0 Å². The maximum absolute atomic E-state index is 12.8. The van der Waals surface area contributed by atoms with Gasteiger partial charge in [0.25, 0.3) is 5.56 Å². The van der Waals surface area contributed by atoms with Crippen molar-refractivity contribution in [1.29, 1.82) is 0 Å². The van der Waals surface area contributed by atoms with Crippen LogP contribution in [0, 0.1) is 6.92 Å². The zero-order chi connectivity index (χ0) is 16.0. The van der Waals surface area contributed by atoms with Crippen molar-refractivity contribution in [1.82, 2.24) is 9.55 Å². The first-order valence-corrected chi connectivity index (χ1v) is 9.64. The van der Waals surface area contributed by atoms with Crippen LogP contribution in [0.25, 0.3) is 10.2 Å². The molecular formula is C18H18N2OS2. The maximum atomic E-state index is 12.8. The van der Waals surface area contributed by atoms with Gasteiger partial charge in [0.2, 0.25) is 0 Å². The van der Waals surface area contributed by atoms with Gasteiger partial charge in [-0.3, -0.25) is 9.36 Å². The summed E-state index contributed by atoms with van der Waals surface area (Å²) in [5, 5.41) is 1.68. The quantitative estimate of drug-likeness (QED) is 0.531. The highest BCUT2D eigenvalue weighted by Gasteiger charge is 2.22. The lowest BCUT2D eigenvalue weighted by atomic mass is 10.1. The Hall–Kier alpha value is -1.59. The van der Waals surface area contributed by atoms with Crippen molar-refractivity contribution in [3.8, 4) is 0 Å². The molecule has 0 unspecified atom stereocenters. The Bertz CT molecular complexity index is 956. The normalized spacial score (nSPS) is 13.7. The molecule has 3 aromatic rings. The van der Waals surface area contributed by atoms with Gasteiger partial charge in [0, 0.05) is 17.7 Å². The van der Waals surface area contributed by atoms with E-state index in [9.17, 15) is 4.79 Å². The van der Waals surface area contributed by atoms with Gasteiger partial charge in [-0.25, -0.2) is 4.98 Å². The predicted molar refractivity (Wildman–Crippen MR) is 97.6 cm³/mol. The summed E-state index contributed by atoms with van der Waals surface area (Å²) >= 11 is 3.35. The standard InChI is InChI=1S/C18H18N2OS2/c1-11-6-3-4-7-12(11)10-22-18-19-16-15(17(21)20(18)2)13-8-5-9-14(13)23-16/h3-4,6-7H,5,8-10H2,1-2H3. The first-order chi connectivity index (χ1) is 11.1. The number of aryl methyl sites for hydroxylation is 3. The molecule has 0 bridgehead atoms. The summed E-state index contributed by atoms with van der Waals surface area (Å²) in [6.07, 6.45) is 3.30. The van der Waals surface area contributed by atoms with E-state index in [1.165, 1.54) is 28.0 Å². The largest absolute Gasteiger partial charge is 0.290 e. The van der Waals surface area contributed by atoms with Crippen molar-refractivity contribution in [3.05, 3.63) is 56.2 Å². The number of nitrogens with zero attached hydrogens (tertiary/aromatic N) is 2. The molecule has 5 heteroatoms. The minimum Gasteiger partial charge on any atom is -0.290 e. The van der Waals surface area contributed by atoms with E-state index in [-0.39, 0.29) is 5.56 Å². The van der Waals surface area contributed by atoms with Crippen LogP contribution in [0.2, 0.25) is 0 Å². The van der Waals surface area contributed by atoms with Gasteiger partial charge >= 0.3 is 0 Å². The van der Waals surface area contributed by atoms with Crippen molar-refractivity contribution >= 4 is 33.3 Å². The van der Waals surface area contributed by atoms with E-state index in [1.807, 2.05) is 7.05 Å². The number of fused-ring (bicyclic) bond motifs is 3. The molecule has 0 atom stereocenters. The number of hydrogen-bond acceptors (Lipinski definition) is 4. The highest BCUT2D eigenvalue weighted by molar-refractivity contribution is 7.98. The Labute approximate surface area is 143 Å². The van der Waals surface area contributed by atoms with Crippen molar-refractivity contribution in [3.63, 3.8) is 0 Å². The molecule has 2 heterocycles. The summed E-state index contributed by atoms with van der Waals surface area (Å²) in [6.45, 7) is 2.12. The molecule has 0 radical (unpaired) electrons. The number of hydrogen-bond donors (Lipinski definition) is 0. The van der Waals surface area contributed by atoms with E-state index in [4.69, 9.17) is 4.98 Å². The first kappa shape index (κ1) is 15.0. The number of rotatable bonds is 3. The van der Waals surface area contributed by atoms with Gasteiger partial charge in [0.1, 0.15) is 4.83 Å². The average molecular weight is 342 g/mol. The van der Waals surface area contributed by atoms with Gasteiger partial charge in [-0.15, -0.1) is 11.3 Å². The van der Waals surface area contributed by atoms with Gasteiger partial charge in [-0.2, -0.15) is 0 Å². The SMILES string of the molecule is Cc1ccccc1CSc1nc2sc3c(c2c(=O)n1C)CCC3. The summed E-state index contributed by atoms with van der Waals surface area (Å²) in [5.74, 6) is 0.837. The van der Waals surface area contributed by atoms with Crippen LogP contribution < -0.4 is 5.56 Å². The van der Waals surface area contributed by atoms with E-state index in [0.717, 1.165) is 34.0 Å². The average Bonchev–Trinajstić information content (AvgIpc) is 3.11. The Morgan fingerprint density at radius 2 is 2.13 bits per heavy atom. The number of benzene rings is 1. The minimum absolute atomic E-state index is 0.113. The zero-order valence-corrected chi connectivity index (χ0v) is 14.9. The van der Waals surface area contributed by atoms with E-state index in [1.54, 1.807) is 27.7 Å². The highest BCUT2D eigenvalue weighted by Crippen LogP contribution is 2.35. The number of thioether (sulfide) groups is 1. The Balaban J connectivity index is 1.72. The van der Waals surface area contributed by atoms with Crippen LogP contribution in [-0.4, -0.2) is 9.55 Å². The third-order valence-electron chi connectivity index (χ3n) is 4.52. The third-order valence-corrected chi connectivity index (χ3v) is 6.79. The molecule has 1 aliphatic carbocycles. The van der Waals surface area contributed by atoms with Crippen LogP contribution >= 0.6 is 23.1 Å². The van der Waals surface area contributed by atoms with Gasteiger partial charge in [0.05, 0.1) is 5.39 Å². The van der Waals surface area contributed by atoms with Gasteiger partial charge < -0.3 is 0 Å².